The number of hydrogen-bond acceptors (Lipinski definition) is 5. The van der Waals surface area contributed by atoms with Crippen molar-refractivity contribution in [3.8, 4) is 0 Å². The highest BCUT2D eigenvalue weighted by Gasteiger charge is 2.21. The average Bonchev–Trinajstić information content (AvgIpc) is 3.09. The number of fused-ring (bicyclic) bond motifs is 1. The Morgan fingerprint density at radius 2 is 1.77 bits per heavy atom. The molecule has 1 aliphatic rings. The Morgan fingerprint density at radius 3 is 2.47 bits per heavy atom. The average molecular weight is 433 g/mol. The lowest BCUT2D eigenvalue weighted by atomic mass is 10.00. The molecule has 0 spiro atoms. The van der Waals surface area contributed by atoms with Crippen molar-refractivity contribution < 1.29 is 23.5 Å². The minimum atomic E-state index is -0.567. The van der Waals surface area contributed by atoms with E-state index in [1.165, 1.54) is 63.8 Å². The van der Waals surface area contributed by atoms with Crippen LogP contribution in [0.15, 0.2) is 30.3 Å². The van der Waals surface area contributed by atoms with Gasteiger partial charge in [-0.15, -0.1) is 11.3 Å². The van der Waals surface area contributed by atoms with Gasteiger partial charge in [-0.25, -0.2) is 9.18 Å². The van der Waals surface area contributed by atoms with Gasteiger partial charge in [-0.05, 0) is 61.6 Å². The third kappa shape index (κ3) is 5.89. The van der Waals surface area contributed by atoms with Gasteiger partial charge in [0.25, 0.3) is 5.91 Å². The summed E-state index contributed by atoms with van der Waals surface area (Å²) >= 11 is 1.44. The van der Waals surface area contributed by atoms with E-state index in [0.29, 0.717) is 10.6 Å². The predicted molar refractivity (Wildman–Crippen MR) is 113 cm³/mol. The summed E-state index contributed by atoms with van der Waals surface area (Å²) in [5.74, 6) is -2.05. The fraction of sp³-hybridized carbons (Fsp3) is 0.409. The minimum Gasteiger partial charge on any atom is -0.451 e. The van der Waals surface area contributed by atoms with Crippen LogP contribution in [0.25, 0.3) is 0 Å². The van der Waals surface area contributed by atoms with E-state index >= 15 is 0 Å². The molecule has 8 heteroatoms. The van der Waals surface area contributed by atoms with Crippen LogP contribution < -0.4 is 10.6 Å². The highest BCUT2D eigenvalue weighted by molar-refractivity contribution is 7.14. The molecular formula is C22H25FN2O4S. The van der Waals surface area contributed by atoms with Gasteiger partial charge in [-0.2, -0.15) is 0 Å². The molecule has 1 heterocycles. The Morgan fingerprint density at radius 1 is 1.07 bits per heavy atom. The van der Waals surface area contributed by atoms with Gasteiger partial charge < -0.3 is 15.4 Å². The molecule has 0 bridgehead atoms. The maximum absolute atomic E-state index is 13.2. The summed E-state index contributed by atoms with van der Waals surface area (Å²) in [6.07, 6.45) is 6.51. The zero-order valence-electron chi connectivity index (χ0n) is 16.7. The van der Waals surface area contributed by atoms with Crippen LogP contribution in [0.3, 0.4) is 0 Å². The number of benzene rings is 1. The summed E-state index contributed by atoms with van der Waals surface area (Å²) < 4.78 is 18.5. The van der Waals surface area contributed by atoms with Crippen molar-refractivity contribution in [1.82, 2.24) is 0 Å². The van der Waals surface area contributed by atoms with E-state index < -0.39 is 30.2 Å². The van der Waals surface area contributed by atoms with Crippen molar-refractivity contribution in [3.63, 3.8) is 0 Å². The number of amides is 2. The second-order valence-electron chi connectivity index (χ2n) is 7.29. The maximum atomic E-state index is 13.2. The number of halogens is 1. The lowest BCUT2D eigenvalue weighted by Gasteiger charge is -2.22. The van der Waals surface area contributed by atoms with Crippen LogP contribution in [0.2, 0.25) is 0 Å². The molecule has 3 rings (SSSR count). The molecule has 0 atom stereocenters. The topological polar surface area (TPSA) is 89.7 Å². The molecule has 0 saturated heterocycles. The molecule has 1 aliphatic carbocycles. The molecule has 2 amide bonds. The summed E-state index contributed by atoms with van der Waals surface area (Å²) in [6.45, 7) is -0.456. The van der Waals surface area contributed by atoms with Gasteiger partial charge in [0.2, 0.25) is 5.91 Å². The molecule has 1 aromatic carbocycles. The van der Waals surface area contributed by atoms with Crippen LogP contribution in [0, 0.1) is 5.82 Å². The predicted octanol–water partition coefficient (Wildman–Crippen LogP) is 3.61. The minimum absolute atomic E-state index is 0.0185. The first kappa shape index (κ1) is 22.0. The first-order chi connectivity index (χ1) is 14.4. The Kier molecular flexibility index (Phi) is 7.57. The lowest BCUT2D eigenvalue weighted by Crippen LogP contribution is -2.37. The number of nitrogens with two attached hydrogens (primary N) is 1. The number of rotatable bonds is 7. The molecule has 6 nitrogen and oxygen atoms in total. The van der Waals surface area contributed by atoms with E-state index in [2.05, 4.69) is 0 Å². The van der Waals surface area contributed by atoms with E-state index in [0.717, 1.165) is 25.7 Å². The first-order valence-electron chi connectivity index (χ1n) is 10.1. The summed E-state index contributed by atoms with van der Waals surface area (Å²) in [7, 11) is 0. The molecular weight excluding hydrogens is 407 g/mol. The number of nitrogens with zero attached hydrogens (tertiary/aromatic N) is 1. The van der Waals surface area contributed by atoms with Gasteiger partial charge in [-0.3, -0.25) is 9.59 Å². The van der Waals surface area contributed by atoms with E-state index in [1.807, 2.05) is 6.07 Å². The first-order valence-corrected chi connectivity index (χ1v) is 10.9. The van der Waals surface area contributed by atoms with Crippen LogP contribution in [0.5, 0.6) is 0 Å². The molecule has 2 aromatic rings. The number of thiophene rings is 1. The molecule has 0 unspecified atom stereocenters. The maximum Gasteiger partial charge on any atom is 0.348 e. The number of ether oxygens (including phenoxy) is 1. The quantitative estimate of drug-likeness (QED) is 0.677. The van der Waals surface area contributed by atoms with Crippen molar-refractivity contribution >= 4 is 34.8 Å². The summed E-state index contributed by atoms with van der Waals surface area (Å²) in [4.78, 5) is 39.3. The molecule has 0 radical (unpaired) electrons. The number of anilines is 1. The van der Waals surface area contributed by atoms with Crippen LogP contribution >= 0.6 is 11.3 Å². The molecule has 0 saturated carbocycles. The highest BCUT2D eigenvalue weighted by atomic mass is 32.1. The lowest BCUT2D eigenvalue weighted by molar-refractivity contribution is -0.121. The second kappa shape index (κ2) is 10.3. The molecule has 0 fully saturated rings. The summed E-state index contributed by atoms with van der Waals surface area (Å²) in [5.41, 5.74) is 6.79. The van der Waals surface area contributed by atoms with Gasteiger partial charge in [0, 0.05) is 23.5 Å². The third-order valence-corrected chi connectivity index (χ3v) is 6.26. The number of primary amides is 1. The zero-order valence-corrected chi connectivity index (χ0v) is 17.5. The Hall–Kier alpha value is -2.74. The summed E-state index contributed by atoms with van der Waals surface area (Å²) in [6, 6.07) is 7.16. The van der Waals surface area contributed by atoms with Gasteiger partial charge in [0.05, 0.1) is 0 Å². The highest BCUT2D eigenvalue weighted by Crippen LogP contribution is 2.29. The van der Waals surface area contributed by atoms with Crippen molar-refractivity contribution in [2.45, 2.75) is 44.9 Å². The number of carbonyl (C=O) groups is 3. The van der Waals surface area contributed by atoms with Crippen LogP contribution in [0.4, 0.5) is 10.1 Å². The van der Waals surface area contributed by atoms with E-state index in [1.54, 1.807) is 0 Å². The third-order valence-electron chi connectivity index (χ3n) is 5.05. The van der Waals surface area contributed by atoms with E-state index in [9.17, 15) is 18.8 Å². The van der Waals surface area contributed by atoms with Crippen molar-refractivity contribution in [3.05, 3.63) is 51.5 Å². The SMILES string of the molecule is NC(=O)CCN(C(=O)COC(=O)c1cc2c(s1)CCCCCC2)c1ccc(F)cc1. The molecule has 2 N–H and O–H groups in total. The van der Waals surface area contributed by atoms with Gasteiger partial charge in [0.15, 0.2) is 6.61 Å². The standard InChI is InChI=1S/C22H25FN2O4S/c23-16-7-9-17(10-8-16)25(12-11-20(24)26)21(27)14-29-22(28)19-13-15-5-3-1-2-4-6-18(15)30-19/h7-10,13H,1-6,11-12,14H2,(H2,24,26). The molecule has 30 heavy (non-hydrogen) atoms. The fourth-order valence-electron chi connectivity index (χ4n) is 3.46. The number of hydrogen-bond donors (Lipinski definition) is 1. The molecule has 160 valence electrons. The van der Waals surface area contributed by atoms with Crippen molar-refractivity contribution in [2.24, 2.45) is 5.73 Å². The number of esters is 1. The number of aryl methyl sites for hydroxylation is 2. The van der Waals surface area contributed by atoms with E-state index in [4.69, 9.17) is 10.5 Å². The smallest absolute Gasteiger partial charge is 0.348 e. The van der Waals surface area contributed by atoms with Gasteiger partial charge in [0.1, 0.15) is 10.7 Å². The van der Waals surface area contributed by atoms with Crippen molar-refractivity contribution in [1.29, 1.82) is 0 Å². The fourth-order valence-corrected chi connectivity index (χ4v) is 4.61. The zero-order chi connectivity index (χ0) is 21.5. The monoisotopic (exact) mass is 432 g/mol. The second-order valence-corrected chi connectivity index (χ2v) is 8.42. The van der Waals surface area contributed by atoms with Crippen LogP contribution in [-0.2, 0) is 27.2 Å². The van der Waals surface area contributed by atoms with Gasteiger partial charge >= 0.3 is 5.97 Å². The van der Waals surface area contributed by atoms with E-state index in [-0.39, 0.29) is 13.0 Å². The summed E-state index contributed by atoms with van der Waals surface area (Å²) in [5, 5.41) is 0. The molecule has 0 aliphatic heterocycles. The normalized spacial score (nSPS) is 13.6. The largest absolute Gasteiger partial charge is 0.451 e. The Bertz CT molecular complexity index is 885. The Balaban J connectivity index is 1.65. The van der Waals surface area contributed by atoms with Gasteiger partial charge in [-0.1, -0.05) is 12.8 Å². The molecule has 1 aromatic heterocycles. The number of carbonyl (C=O) groups excluding carboxylic acids is 3. The van der Waals surface area contributed by atoms with Crippen LogP contribution in [-0.4, -0.2) is 30.9 Å². The van der Waals surface area contributed by atoms with Crippen molar-refractivity contribution in [2.75, 3.05) is 18.1 Å². The Labute approximate surface area is 178 Å². The van der Waals surface area contributed by atoms with Crippen LogP contribution in [0.1, 0.15) is 52.2 Å².